The minimum Gasteiger partial charge on any atom is -0.492 e. The minimum absolute atomic E-state index is 0.144. The summed E-state index contributed by atoms with van der Waals surface area (Å²) < 4.78 is 33.2. The number of carbonyl (C=O) groups excluding carboxylic acids is 1. The Kier molecular flexibility index (Phi) is 6.71. The summed E-state index contributed by atoms with van der Waals surface area (Å²) >= 11 is 2.95. The van der Waals surface area contributed by atoms with Crippen LogP contribution in [0, 0.1) is 0 Å². The first kappa shape index (κ1) is 21.9. The molecule has 0 bridgehead atoms. The zero-order valence-electron chi connectivity index (χ0n) is 17.0. The van der Waals surface area contributed by atoms with Crippen molar-refractivity contribution in [2.45, 2.75) is 31.1 Å². The van der Waals surface area contributed by atoms with E-state index in [1.807, 2.05) is 23.8 Å². The van der Waals surface area contributed by atoms with Gasteiger partial charge < -0.3 is 10.1 Å². The number of piperidine rings is 1. The van der Waals surface area contributed by atoms with Gasteiger partial charge in [0.05, 0.1) is 17.2 Å². The molecule has 1 amide bonds. The molecule has 0 spiro atoms. The van der Waals surface area contributed by atoms with Crippen LogP contribution in [0.3, 0.4) is 0 Å². The van der Waals surface area contributed by atoms with Crippen molar-refractivity contribution in [2.24, 2.45) is 0 Å². The van der Waals surface area contributed by atoms with Gasteiger partial charge in [0, 0.05) is 29.4 Å². The molecular weight excluding hydrogens is 454 g/mol. The van der Waals surface area contributed by atoms with E-state index in [0.717, 1.165) is 29.8 Å². The van der Waals surface area contributed by atoms with Gasteiger partial charge in [-0.2, -0.15) is 15.6 Å². The molecule has 0 atom stereocenters. The van der Waals surface area contributed by atoms with Crippen LogP contribution in [0.2, 0.25) is 0 Å². The Labute approximate surface area is 189 Å². The molecule has 31 heavy (non-hydrogen) atoms. The highest BCUT2D eigenvalue weighted by Crippen LogP contribution is 2.31. The molecule has 4 rings (SSSR count). The van der Waals surface area contributed by atoms with E-state index in [-0.39, 0.29) is 10.6 Å². The first-order valence-corrected chi connectivity index (χ1v) is 13.3. The Morgan fingerprint density at radius 2 is 2.00 bits per heavy atom. The minimum atomic E-state index is -3.63. The van der Waals surface area contributed by atoms with Crippen LogP contribution < -0.4 is 10.1 Å². The van der Waals surface area contributed by atoms with Crippen LogP contribution in [0.25, 0.3) is 10.6 Å². The van der Waals surface area contributed by atoms with Crippen molar-refractivity contribution < 1.29 is 17.9 Å². The summed E-state index contributed by atoms with van der Waals surface area (Å²) in [6, 6.07) is 6.54. The zero-order valence-corrected chi connectivity index (χ0v) is 19.5. The fourth-order valence-corrected chi connectivity index (χ4v) is 6.44. The predicted octanol–water partition coefficient (Wildman–Crippen LogP) is 4.70. The molecule has 0 unspecified atom stereocenters. The van der Waals surface area contributed by atoms with Crippen LogP contribution in [0.1, 0.15) is 36.7 Å². The molecule has 3 heterocycles. The molecule has 164 valence electrons. The fraction of sp³-hybridized carbons (Fsp3) is 0.333. The first-order valence-electron chi connectivity index (χ1n) is 10.1. The highest BCUT2D eigenvalue weighted by atomic mass is 32.2. The summed E-state index contributed by atoms with van der Waals surface area (Å²) in [5.41, 5.74) is 1.56. The van der Waals surface area contributed by atoms with Crippen LogP contribution in [0.5, 0.6) is 5.75 Å². The number of amides is 1. The van der Waals surface area contributed by atoms with Gasteiger partial charge in [-0.1, -0.05) is 6.42 Å². The lowest BCUT2D eigenvalue weighted by molar-refractivity contribution is 0.102. The lowest BCUT2D eigenvalue weighted by atomic mass is 10.2. The maximum absolute atomic E-state index is 13.1. The smallest absolute Gasteiger partial charge is 0.275 e. The third-order valence-corrected chi connectivity index (χ3v) is 8.43. The summed E-state index contributed by atoms with van der Waals surface area (Å²) in [6.45, 7) is 3.25. The molecule has 7 nitrogen and oxygen atoms in total. The number of rotatable bonds is 7. The number of nitrogens with zero attached hydrogens (tertiary/aromatic N) is 2. The Morgan fingerprint density at radius 3 is 2.71 bits per heavy atom. The fourth-order valence-electron chi connectivity index (χ4n) is 3.39. The molecule has 3 aromatic rings. The van der Waals surface area contributed by atoms with Gasteiger partial charge in [-0.3, -0.25) is 4.79 Å². The van der Waals surface area contributed by atoms with E-state index in [1.165, 1.54) is 27.8 Å². The van der Waals surface area contributed by atoms with Gasteiger partial charge in [0.2, 0.25) is 10.0 Å². The largest absolute Gasteiger partial charge is 0.492 e. The van der Waals surface area contributed by atoms with Gasteiger partial charge >= 0.3 is 0 Å². The summed E-state index contributed by atoms with van der Waals surface area (Å²) in [4.78, 5) is 17.4. The van der Waals surface area contributed by atoms with Gasteiger partial charge in [-0.15, -0.1) is 11.3 Å². The number of thiazole rings is 1. The van der Waals surface area contributed by atoms with Crippen LogP contribution in [-0.4, -0.2) is 43.3 Å². The number of thiophene rings is 1. The molecule has 1 aromatic carbocycles. The molecule has 1 fully saturated rings. The van der Waals surface area contributed by atoms with Crippen molar-refractivity contribution in [1.82, 2.24) is 9.29 Å². The van der Waals surface area contributed by atoms with Crippen LogP contribution >= 0.6 is 22.7 Å². The van der Waals surface area contributed by atoms with Crippen molar-refractivity contribution >= 4 is 44.3 Å². The molecular formula is C21H23N3O4S3. The second kappa shape index (κ2) is 9.47. The van der Waals surface area contributed by atoms with Crippen molar-refractivity contribution in [1.29, 1.82) is 0 Å². The zero-order chi connectivity index (χ0) is 21.8. The number of sulfonamides is 1. The molecule has 0 radical (unpaired) electrons. The van der Waals surface area contributed by atoms with Crippen LogP contribution in [0.4, 0.5) is 5.69 Å². The Hall–Kier alpha value is -2.27. The second-order valence-corrected chi connectivity index (χ2v) is 10.6. The van der Waals surface area contributed by atoms with E-state index in [0.29, 0.717) is 31.1 Å². The number of ether oxygens (including phenoxy) is 1. The van der Waals surface area contributed by atoms with Crippen molar-refractivity contribution in [3.05, 3.63) is 46.1 Å². The maximum atomic E-state index is 13.1. The summed E-state index contributed by atoms with van der Waals surface area (Å²) in [5, 5.41) is 9.17. The normalized spacial score (nSPS) is 15.0. The molecule has 1 aliphatic heterocycles. The first-order chi connectivity index (χ1) is 15.0. The Bertz CT molecular complexity index is 1150. The third kappa shape index (κ3) is 4.82. The van der Waals surface area contributed by atoms with E-state index in [2.05, 4.69) is 10.3 Å². The third-order valence-electron chi connectivity index (χ3n) is 4.96. The van der Waals surface area contributed by atoms with Crippen molar-refractivity contribution in [3.63, 3.8) is 0 Å². The average molecular weight is 478 g/mol. The van der Waals surface area contributed by atoms with E-state index in [9.17, 15) is 13.2 Å². The summed E-state index contributed by atoms with van der Waals surface area (Å²) in [5.74, 6) is 0.00735. The van der Waals surface area contributed by atoms with Crippen LogP contribution in [-0.2, 0) is 10.0 Å². The molecule has 1 aliphatic rings. The summed E-state index contributed by atoms with van der Waals surface area (Å²) in [6.07, 6.45) is 2.75. The Morgan fingerprint density at radius 1 is 1.19 bits per heavy atom. The van der Waals surface area contributed by atoms with E-state index in [4.69, 9.17) is 4.74 Å². The van der Waals surface area contributed by atoms with Crippen molar-refractivity contribution in [3.8, 4) is 16.3 Å². The SMILES string of the molecule is CCOc1ccc(S(=O)(=O)N2CCCCC2)cc1NC(=O)c1csc(-c2ccsc2)n1. The predicted molar refractivity (Wildman–Crippen MR) is 124 cm³/mol. The van der Waals surface area contributed by atoms with E-state index < -0.39 is 15.9 Å². The lowest BCUT2D eigenvalue weighted by Gasteiger charge is -2.26. The van der Waals surface area contributed by atoms with Gasteiger partial charge in [0.15, 0.2) is 0 Å². The topological polar surface area (TPSA) is 88.6 Å². The Balaban J connectivity index is 1.60. The standard InChI is InChI=1S/C21H23N3O4S3/c1-2-28-19-7-6-16(31(26,27)24-9-4-3-5-10-24)12-17(19)22-20(25)18-14-30-21(23-18)15-8-11-29-13-15/h6-8,11-14H,2-5,9-10H2,1H3,(H,22,25). The monoisotopic (exact) mass is 477 g/mol. The summed E-state index contributed by atoms with van der Waals surface area (Å²) in [7, 11) is -3.63. The van der Waals surface area contributed by atoms with Gasteiger partial charge in [-0.25, -0.2) is 13.4 Å². The van der Waals surface area contributed by atoms with Crippen LogP contribution in [0.15, 0.2) is 45.3 Å². The number of hydrogen-bond donors (Lipinski definition) is 1. The van der Waals surface area contributed by atoms with Gasteiger partial charge in [0.1, 0.15) is 16.5 Å². The second-order valence-electron chi connectivity index (χ2n) is 7.06. The highest BCUT2D eigenvalue weighted by molar-refractivity contribution is 7.89. The lowest BCUT2D eigenvalue weighted by Crippen LogP contribution is -2.35. The van der Waals surface area contributed by atoms with Gasteiger partial charge in [-0.05, 0) is 49.4 Å². The van der Waals surface area contributed by atoms with E-state index in [1.54, 1.807) is 22.8 Å². The molecule has 1 N–H and O–H groups in total. The number of carbonyl (C=O) groups is 1. The van der Waals surface area contributed by atoms with Crippen molar-refractivity contribution in [2.75, 3.05) is 25.0 Å². The number of hydrogen-bond acceptors (Lipinski definition) is 7. The molecule has 0 aliphatic carbocycles. The van der Waals surface area contributed by atoms with Gasteiger partial charge in [0.25, 0.3) is 5.91 Å². The maximum Gasteiger partial charge on any atom is 0.275 e. The quantitative estimate of drug-likeness (QED) is 0.533. The average Bonchev–Trinajstić information content (AvgIpc) is 3.47. The number of benzene rings is 1. The molecule has 0 saturated carbocycles. The number of aromatic nitrogens is 1. The molecule has 10 heteroatoms. The number of anilines is 1. The highest BCUT2D eigenvalue weighted by Gasteiger charge is 2.27. The molecule has 2 aromatic heterocycles. The molecule has 1 saturated heterocycles. The number of nitrogens with one attached hydrogen (secondary N) is 1. The van der Waals surface area contributed by atoms with E-state index >= 15 is 0 Å².